The van der Waals surface area contributed by atoms with E-state index in [1.807, 2.05) is 18.2 Å². The topological polar surface area (TPSA) is 91.2 Å². The number of piperidine rings is 1. The van der Waals surface area contributed by atoms with Crippen LogP contribution in [0.4, 0.5) is 0 Å². The summed E-state index contributed by atoms with van der Waals surface area (Å²) in [6, 6.07) is 6.96. The Balaban J connectivity index is 0.00000289. The van der Waals surface area contributed by atoms with E-state index in [9.17, 15) is 9.59 Å². The largest absolute Gasteiger partial charge is 0.352 e. The van der Waals surface area contributed by atoms with Crippen molar-refractivity contribution in [1.29, 1.82) is 0 Å². The van der Waals surface area contributed by atoms with Crippen molar-refractivity contribution in [3.05, 3.63) is 35.0 Å². The number of aromatic nitrogens is 1. The van der Waals surface area contributed by atoms with Gasteiger partial charge in [0.25, 0.3) is 0 Å². The fraction of sp³-hybridized carbons (Fsp3) is 0.583. The number of amides is 1. The van der Waals surface area contributed by atoms with Gasteiger partial charge in [0.1, 0.15) is 5.54 Å². The highest BCUT2D eigenvalue weighted by Crippen LogP contribution is 2.31. The van der Waals surface area contributed by atoms with Gasteiger partial charge in [0.05, 0.1) is 11.7 Å². The standard InChI is InChI=1S/C24H33ClN4O2.ClH/c1-29-12-9-16(10-13-29)5-8-22(30)28-21-4-2-3-11-24(21,26)23(31)20-15-17-14-18(25)6-7-19(17)27-20;/h6-7,14-16,21,27H,2-5,8-13,26H2,1H3,(H,28,30);1H. The molecule has 2 aliphatic rings. The number of likely N-dealkylation sites (tertiary alicyclic amines) is 1. The highest BCUT2D eigenvalue weighted by molar-refractivity contribution is 6.31. The molecule has 176 valence electrons. The Bertz CT molecular complexity index is 955. The summed E-state index contributed by atoms with van der Waals surface area (Å²) in [5.74, 6) is 0.479. The lowest BCUT2D eigenvalue weighted by molar-refractivity contribution is -0.122. The van der Waals surface area contributed by atoms with E-state index in [-0.39, 0.29) is 30.1 Å². The van der Waals surface area contributed by atoms with Crippen LogP contribution in [0.15, 0.2) is 24.3 Å². The van der Waals surface area contributed by atoms with Crippen LogP contribution >= 0.6 is 24.0 Å². The van der Waals surface area contributed by atoms with Gasteiger partial charge in [-0.25, -0.2) is 0 Å². The maximum atomic E-state index is 13.5. The molecule has 2 unspecified atom stereocenters. The third-order valence-electron chi connectivity index (χ3n) is 7.16. The number of halogens is 2. The summed E-state index contributed by atoms with van der Waals surface area (Å²) in [7, 11) is 2.14. The van der Waals surface area contributed by atoms with Crippen molar-refractivity contribution in [3.63, 3.8) is 0 Å². The molecule has 2 aromatic rings. The molecule has 2 atom stereocenters. The van der Waals surface area contributed by atoms with Gasteiger partial charge in [0.2, 0.25) is 11.7 Å². The Morgan fingerprint density at radius 1 is 1.22 bits per heavy atom. The smallest absolute Gasteiger partial charge is 0.220 e. The fourth-order valence-electron chi connectivity index (χ4n) is 5.10. The predicted molar refractivity (Wildman–Crippen MR) is 132 cm³/mol. The summed E-state index contributed by atoms with van der Waals surface area (Å²) < 4.78 is 0. The zero-order valence-electron chi connectivity index (χ0n) is 18.7. The number of rotatable bonds is 6. The number of aromatic amines is 1. The molecule has 0 spiro atoms. The Hall–Kier alpha value is -1.60. The van der Waals surface area contributed by atoms with Crippen LogP contribution in [0.2, 0.25) is 5.02 Å². The molecule has 0 radical (unpaired) electrons. The van der Waals surface area contributed by atoms with E-state index < -0.39 is 5.54 Å². The second kappa shape index (κ2) is 10.6. The van der Waals surface area contributed by atoms with Crippen LogP contribution in [0.1, 0.15) is 61.9 Å². The molecule has 1 amide bonds. The molecule has 2 fully saturated rings. The van der Waals surface area contributed by atoms with Crippen LogP contribution in [-0.4, -0.2) is 53.3 Å². The molecular formula is C24H34Cl2N4O2. The van der Waals surface area contributed by atoms with Crippen molar-refractivity contribution in [2.75, 3.05) is 20.1 Å². The number of hydrogen-bond acceptors (Lipinski definition) is 4. The fourth-order valence-corrected chi connectivity index (χ4v) is 5.28. The van der Waals surface area contributed by atoms with Crippen molar-refractivity contribution >= 4 is 46.6 Å². The Morgan fingerprint density at radius 2 is 1.97 bits per heavy atom. The van der Waals surface area contributed by atoms with Crippen molar-refractivity contribution < 1.29 is 9.59 Å². The van der Waals surface area contributed by atoms with E-state index >= 15 is 0 Å². The molecule has 1 aromatic heterocycles. The quantitative estimate of drug-likeness (QED) is 0.537. The van der Waals surface area contributed by atoms with E-state index in [1.165, 1.54) is 0 Å². The van der Waals surface area contributed by atoms with E-state index in [2.05, 4.69) is 22.2 Å². The predicted octanol–water partition coefficient (Wildman–Crippen LogP) is 4.30. The van der Waals surface area contributed by atoms with E-state index in [4.69, 9.17) is 17.3 Å². The number of ketones is 1. The Morgan fingerprint density at radius 3 is 2.72 bits per heavy atom. The lowest BCUT2D eigenvalue weighted by Crippen LogP contribution is -2.64. The lowest BCUT2D eigenvalue weighted by Gasteiger charge is -2.40. The van der Waals surface area contributed by atoms with Gasteiger partial charge < -0.3 is 20.9 Å². The molecule has 2 heterocycles. The third-order valence-corrected chi connectivity index (χ3v) is 7.39. The summed E-state index contributed by atoms with van der Waals surface area (Å²) in [5.41, 5.74) is 6.96. The molecule has 8 heteroatoms. The molecule has 4 rings (SSSR count). The van der Waals surface area contributed by atoms with Crippen LogP contribution in [0.3, 0.4) is 0 Å². The zero-order chi connectivity index (χ0) is 22.0. The van der Waals surface area contributed by atoms with Gasteiger partial charge in [-0.15, -0.1) is 12.4 Å². The normalized spacial score (nSPS) is 24.8. The second-order valence-corrected chi connectivity index (χ2v) is 9.87. The van der Waals surface area contributed by atoms with Crippen LogP contribution < -0.4 is 11.1 Å². The van der Waals surface area contributed by atoms with Gasteiger partial charge in [-0.1, -0.05) is 24.4 Å². The van der Waals surface area contributed by atoms with Crippen LogP contribution in [0.25, 0.3) is 10.9 Å². The van der Waals surface area contributed by atoms with E-state index in [0.717, 1.165) is 62.5 Å². The number of fused-ring (bicyclic) bond motifs is 1. The maximum Gasteiger partial charge on any atom is 0.220 e. The summed E-state index contributed by atoms with van der Waals surface area (Å²) in [4.78, 5) is 31.7. The van der Waals surface area contributed by atoms with Gasteiger partial charge in [0, 0.05) is 22.3 Å². The number of benzene rings is 1. The molecular weight excluding hydrogens is 447 g/mol. The van der Waals surface area contributed by atoms with Crippen LogP contribution in [-0.2, 0) is 4.79 Å². The molecule has 1 saturated heterocycles. The molecule has 1 aromatic carbocycles. The highest BCUT2D eigenvalue weighted by Gasteiger charge is 2.45. The first-order valence-corrected chi connectivity index (χ1v) is 11.8. The summed E-state index contributed by atoms with van der Waals surface area (Å²) >= 11 is 6.08. The molecule has 4 N–H and O–H groups in total. The van der Waals surface area contributed by atoms with Crippen molar-refractivity contribution in [3.8, 4) is 0 Å². The first-order chi connectivity index (χ1) is 14.8. The molecule has 1 aliphatic carbocycles. The SMILES string of the molecule is CN1CCC(CCC(=O)NC2CCCCC2(N)C(=O)c2cc3cc(Cl)ccc3[nH]2)CC1.Cl. The van der Waals surface area contributed by atoms with Gasteiger partial charge >= 0.3 is 0 Å². The molecule has 6 nitrogen and oxygen atoms in total. The number of Topliss-reactive ketones (excluding diaryl/α,β-unsaturated/α-hetero) is 1. The number of nitrogens with zero attached hydrogens (tertiary/aromatic N) is 1. The minimum Gasteiger partial charge on any atom is -0.352 e. The summed E-state index contributed by atoms with van der Waals surface area (Å²) in [5, 5.41) is 4.63. The number of carbonyl (C=O) groups excluding carboxylic acids is 2. The molecule has 0 bridgehead atoms. The molecule has 1 saturated carbocycles. The maximum absolute atomic E-state index is 13.5. The second-order valence-electron chi connectivity index (χ2n) is 9.44. The minimum absolute atomic E-state index is 0. The Labute approximate surface area is 201 Å². The number of nitrogens with two attached hydrogens (primary N) is 1. The van der Waals surface area contributed by atoms with E-state index in [0.29, 0.717) is 29.5 Å². The average Bonchev–Trinajstić information content (AvgIpc) is 3.17. The monoisotopic (exact) mass is 480 g/mol. The van der Waals surface area contributed by atoms with Gasteiger partial charge in [-0.3, -0.25) is 9.59 Å². The first kappa shape index (κ1) is 25.0. The zero-order valence-corrected chi connectivity index (χ0v) is 20.2. The van der Waals surface area contributed by atoms with Crippen molar-refractivity contribution in [2.45, 2.75) is 62.9 Å². The number of carbonyl (C=O) groups is 2. The summed E-state index contributed by atoms with van der Waals surface area (Å²) in [6.07, 6.45) is 6.86. The average molecular weight is 481 g/mol. The third kappa shape index (κ3) is 5.48. The minimum atomic E-state index is -1.09. The van der Waals surface area contributed by atoms with Gasteiger partial charge in [0.15, 0.2) is 0 Å². The molecule has 1 aliphatic heterocycles. The first-order valence-electron chi connectivity index (χ1n) is 11.4. The van der Waals surface area contributed by atoms with Crippen molar-refractivity contribution in [2.24, 2.45) is 11.7 Å². The van der Waals surface area contributed by atoms with Gasteiger partial charge in [-0.2, -0.15) is 0 Å². The summed E-state index contributed by atoms with van der Waals surface area (Å²) in [6.45, 7) is 2.20. The van der Waals surface area contributed by atoms with E-state index in [1.54, 1.807) is 6.07 Å². The molecule has 32 heavy (non-hydrogen) atoms. The Kier molecular flexibility index (Phi) is 8.26. The van der Waals surface area contributed by atoms with Crippen LogP contribution in [0.5, 0.6) is 0 Å². The van der Waals surface area contributed by atoms with Gasteiger partial charge in [-0.05, 0) is 82.4 Å². The van der Waals surface area contributed by atoms with Crippen molar-refractivity contribution in [1.82, 2.24) is 15.2 Å². The highest BCUT2D eigenvalue weighted by atomic mass is 35.5. The number of nitrogens with one attached hydrogen (secondary N) is 2. The number of H-pyrrole nitrogens is 1. The number of hydrogen-bond donors (Lipinski definition) is 3. The van der Waals surface area contributed by atoms with Crippen LogP contribution in [0, 0.1) is 5.92 Å². The lowest BCUT2D eigenvalue weighted by atomic mass is 9.74.